The Morgan fingerprint density at radius 3 is 1.81 bits per heavy atom. The van der Waals surface area contributed by atoms with Crippen LogP contribution in [0.1, 0.15) is 104 Å². The lowest BCUT2D eigenvalue weighted by Gasteiger charge is -2.16. The summed E-state index contributed by atoms with van der Waals surface area (Å²) in [5.74, 6) is -1.51. The molecule has 0 saturated carbocycles. The van der Waals surface area contributed by atoms with Crippen LogP contribution in [0.4, 0.5) is 0 Å². The van der Waals surface area contributed by atoms with E-state index in [9.17, 15) is 14.7 Å². The Balaban J connectivity index is 3.45. The van der Waals surface area contributed by atoms with Crippen LogP contribution in [-0.4, -0.2) is 34.2 Å². The SMILES string of the molecule is CCCCCCCC/C=C\CCCCCCCC(=O)N[C@H](C(=O)O)[C@@H](C)O. The lowest BCUT2D eigenvalue weighted by molar-refractivity contribution is -0.144. The predicted octanol–water partition coefficient (Wildman–Crippen LogP) is 4.97. The molecule has 0 aromatic heterocycles. The van der Waals surface area contributed by atoms with Gasteiger partial charge >= 0.3 is 5.97 Å². The molecule has 0 aromatic rings. The molecule has 0 aliphatic rings. The topological polar surface area (TPSA) is 86.6 Å². The Labute approximate surface area is 165 Å². The van der Waals surface area contributed by atoms with Crippen molar-refractivity contribution in [3.8, 4) is 0 Å². The van der Waals surface area contributed by atoms with Gasteiger partial charge in [0.2, 0.25) is 5.91 Å². The Morgan fingerprint density at radius 2 is 1.33 bits per heavy atom. The van der Waals surface area contributed by atoms with Gasteiger partial charge in [0, 0.05) is 6.42 Å². The zero-order valence-corrected chi connectivity index (χ0v) is 17.4. The number of hydrogen-bond acceptors (Lipinski definition) is 3. The largest absolute Gasteiger partial charge is 0.480 e. The summed E-state index contributed by atoms with van der Waals surface area (Å²) < 4.78 is 0. The van der Waals surface area contributed by atoms with Crippen LogP contribution in [0.25, 0.3) is 0 Å². The van der Waals surface area contributed by atoms with Crippen molar-refractivity contribution in [1.29, 1.82) is 0 Å². The molecule has 0 aliphatic heterocycles. The summed E-state index contributed by atoms with van der Waals surface area (Å²) in [7, 11) is 0. The average Bonchev–Trinajstić information content (AvgIpc) is 2.62. The number of carbonyl (C=O) groups is 2. The molecule has 0 aromatic carbocycles. The number of aliphatic hydroxyl groups is 1. The number of carbonyl (C=O) groups excluding carboxylic acids is 1. The maximum Gasteiger partial charge on any atom is 0.328 e. The van der Waals surface area contributed by atoms with E-state index in [1.54, 1.807) is 0 Å². The maximum absolute atomic E-state index is 11.7. The Hall–Kier alpha value is -1.36. The van der Waals surface area contributed by atoms with Crippen LogP contribution in [0.2, 0.25) is 0 Å². The minimum atomic E-state index is -1.22. The van der Waals surface area contributed by atoms with E-state index < -0.39 is 18.1 Å². The summed E-state index contributed by atoms with van der Waals surface area (Å²) in [4.78, 5) is 22.6. The van der Waals surface area contributed by atoms with Gasteiger partial charge in [-0.2, -0.15) is 0 Å². The van der Waals surface area contributed by atoms with Crippen molar-refractivity contribution < 1.29 is 19.8 Å². The third kappa shape index (κ3) is 16.5. The zero-order valence-electron chi connectivity index (χ0n) is 17.4. The van der Waals surface area contributed by atoms with Gasteiger partial charge in [-0.15, -0.1) is 0 Å². The summed E-state index contributed by atoms with van der Waals surface area (Å²) in [6.45, 7) is 3.61. The average molecular weight is 384 g/mol. The molecule has 0 saturated heterocycles. The Bertz CT molecular complexity index is 407. The number of nitrogens with one attached hydrogen (secondary N) is 1. The van der Waals surface area contributed by atoms with E-state index in [-0.39, 0.29) is 5.91 Å². The Kier molecular flexibility index (Phi) is 17.1. The van der Waals surface area contributed by atoms with Crippen molar-refractivity contribution in [2.24, 2.45) is 0 Å². The van der Waals surface area contributed by atoms with Gasteiger partial charge in [-0.3, -0.25) is 4.79 Å². The molecule has 0 unspecified atom stereocenters. The first-order valence-corrected chi connectivity index (χ1v) is 10.8. The third-order valence-corrected chi connectivity index (χ3v) is 4.73. The van der Waals surface area contributed by atoms with E-state index in [2.05, 4.69) is 24.4 Å². The highest BCUT2D eigenvalue weighted by molar-refractivity contribution is 5.83. The van der Waals surface area contributed by atoms with Crippen LogP contribution in [-0.2, 0) is 9.59 Å². The van der Waals surface area contributed by atoms with Gasteiger partial charge in [0.1, 0.15) is 0 Å². The van der Waals surface area contributed by atoms with E-state index in [0.29, 0.717) is 6.42 Å². The highest BCUT2D eigenvalue weighted by Crippen LogP contribution is 2.10. The van der Waals surface area contributed by atoms with Gasteiger partial charge in [-0.1, -0.05) is 70.4 Å². The summed E-state index contributed by atoms with van der Waals surface area (Å²) in [6.07, 6.45) is 19.4. The minimum absolute atomic E-state index is 0.305. The molecule has 1 amide bonds. The van der Waals surface area contributed by atoms with Crippen molar-refractivity contribution in [3.05, 3.63) is 12.2 Å². The van der Waals surface area contributed by atoms with E-state index in [1.807, 2.05) is 0 Å². The van der Waals surface area contributed by atoms with Crippen LogP contribution in [0.15, 0.2) is 12.2 Å². The van der Waals surface area contributed by atoms with Gasteiger partial charge in [-0.05, 0) is 39.0 Å². The molecule has 27 heavy (non-hydrogen) atoms. The number of carboxylic acid groups (broad SMARTS) is 1. The van der Waals surface area contributed by atoms with Crippen LogP contribution in [0, 0.1) is 0 Å². The smallest absolute Gasteiger partial charge is 0.328 e. The van der Waals surface area contributed by atoms with Crippen molar-refractivity contribution in [3.63, 3.8) is 0 Å². The first-order chi connectivity index (χ1) is 13.0. The number of amides is 1. The molecule has 5 nitrogen and oxygen atoms in total. The second-order valence-electron chi connectivity index (χ2n) is 7.46. The molecule has 0 rings (SSSR count). The zero-order chi connectivity index (χ0) is 20.3. The van der Waals surface area contributed by atoms with E-state index in [0.717, 1.165) is 32.1 Å². The van der Waals surface area contributed by atoms with E-state index in [4.69, 9.17) is 5.11 Å². The summed E-state index contributed by atoms with van der Waals surface area (Å²) in [6, 6.07) is -1.22. The second kappa shape index (κ2) is 18.0. The normalized spacial score (nSPS) is 13.6. The van der Waals surface area contributed by atoms with Crippen molar-refractivity contribution in [2.75, 3.05) is 0 Å². The van der Waals surface area contributed by atoms with Gasteiger partial charge in [0.25, 0.3) is 0 Å². The van der Waals surface area contributed by atoms with Crippen molar-refractivity contribution in [1.82, 2.24) is 5.32 Å². The fourth-order valence-electron chi connectivity index (χ4n) is 2.99. The third-order valence-electron chi connectivity index (χ3n) is 4.73. The molecule has 0 heterocycles. The molecule has 0 bridgehead atoms. The lowest BCUT2D eigenvalue weighted by atomic mass is 10.1. The van der Waals surface area contributed by atoms with Crippen molar-refractivity contribution in [2.45, 2.75) is 116 Å². The first kappa shape index (κ1) is 25.6. The van der Waals surface area contributed by atoms with Gasteiger partial charge in [-0.25, -0.2) is 4.79 Å². The second-order valence-corrected chi connectivity index (χ2v) is 7.46. The molecular formula is C22H41NO4. The molecule has 3 N–H and O–H groups in total. The lowest BCUT2D eigenvalue weighted by Crippen LogP contribution is -2.47. The summed E-state index contributed by atoms with van der Waals surface area (Å²) >= 11 is 0. The fraction of sp³-hybridized carbons (Fsp3) is 0.818. The highest BCUT2D eigenvalue weighted by Gasteiger charge is 2.24. The molecule has 2 atom stereocenters. The van der Waals surface area contributed by atoms with Crippen molar-refractivity contribution >= 4 is 11.9 Å². The highest BCUT2D eigenvalue weighted by atomic mass is 16.4. The quantitative estimate of drug-likeness (QED) is 0.230. The van der Waals surface area contributed by atoms with Gasteiger partial charge in [0.15, 0.2) is 6.04 Å². The van der Waals surface area contributed by atoms with Gasteiger partial charge in [0.05, 0.1) is 6.10 Å². The first-order valence-electron chi connectivity index (χ1n) is 10.8. The standard InChI is InChI=1S/C22H41NO4/c1-3-4-5-6-7-8-9-10-11-12-13-14-15-16-17-18-20(25)23-21(19(2)24)22(26)27/h10-11,19,21,24H,3-9,12-18H2,1-2H3,(H,23,25)(H,26,27)/b11-10-/t19-,21+/m1/s1. The number of carboxylic acids is 1. The van der Waals surface area contributed by atoms with Crippen LogP contribution in [0.3, 0.4) is 0 Å². The maximum atomic E-state index is 11.7. The van der Waals surface area contributed by atoms with E-state index in [1.165, 1.54) is 58.3 Å². The monoisotopic (exact) mass is 383 g/mol. The van der Waals surface area contributed by atoms with Crippen LogP contribution >= 0.6 is 0 Å². The Morgan fingerprint density at radius 1 is 0.852 bits per heavy atom. The molecule has 0 fully saturated rings. The number of aliphatic carboxylic acids is 1. The number of hydrogen-bond donors (Lipinski definition) is 3. The fourth-order valence-corrected chi connectivity index (χ4v) is 2.99. The molecule has 0 spiro atoms. The summed E-state index contributed by atoms with van der Waals surface area (Å²) in [5.41, 5.74) is 0. The van der Waals surface area contributed by atoms with Crippen LogP contribution in [0.5, 0.6) is 0 Å². The van der Waals surface area contributed by atoms with E-state index >= 15 is 0 Å². The molecule has 158 valence electrons. The summed E-state index contributed by atoms with van der Waals surface area (Å²) in [5, 5.41) is 20.6. The number of aliphatic hydroxyl groups excluding tert-OH is 1. The molecule has 0 aliphatic carbocycles. The predicted molar refractivity (Wildman–Crippen MR) is 111 cm³/mol. The number of allylic oxidation sites excluding steroid dienone is 2. The molecule has 0 radical (unpaired) electrons. The number of unbranched alkanes of at least 4 members (excludes halogenated alkanes) is 11. The van der Waals surface area contributed by atoms with Crippen LogP contribution < -0.4 is 5.32 Å². The molecule has 5 heteroatoms. The minimum Gasteiger partial charge on any atom is -0.480 e. The number of rotatable bonds is 18. The molecular weight excluding hydrogens is 342 g/mol. The van der Waals surface area contributed by atoms with Gasteiger partial charge < -0.3 is 15.5 Å².